The molecular formula is C29H55N3O3Si. The number of Topliss-reactive ketones (excluding diaryl/α,β-unsaturated/α-hetero) is 1. The Morgan fingerprint density at radius 2 is 1.72 bits per heavy atom. The van der Waals surface area contributed by atoms with Crippen molar-refractivity contribution in [1.29, 1.82) is 0 Å². The van der Waals surface area contributed by atoms with Gasteiger partial charge in [0, 0.05) is 30.3 Å². The second kappa shape index (κ2) is 13.9. The molecule has 0 radical (unpaired) electrons. The number of amides is 1. The fourth-order valence-electron chi connectivity index (χ4n) is 3.84. The van der Waals surface area contributed by atoms with Crippen LogP contribution < -0.4 is 16.4 Å². The first-order chi connectivity index (χ1) is 16.5. The topological polar surface area (TPSA) is 93.5 Å². The van der Waals surface area contributed by atoms with Gasteiger partial charge in [0.1, 0.15) is 0 Å². The van der Waals surface area contributed by atoms with Gasteiger partial charge >= 0.3 is 0 Å². The minimum absolute atomic E-state index is 0.0352. The van der Waals surface area contributed by atoms with E-state index in [4.69, 9.17) is 10.2 Å². The highest BCUT2D eigenvalue weighted by Gasteiger charge is 2.39. The lowest BCUT2D eigenvalue weighted by molar-refractivity contribution is -0.122. The van der Waals surface area contributed by atoms with E-state index in [2.05, 4.69) is 72.2 Å². The van der Waals surface area contributed by atoms with E-state index in [1.807, 2.05) is 19.9 Å². The molecule has 1 rings (SSSR count). The predicted octanol–water partition coefficient (Wildman–Crippen LogP) is 6.05. The van der Waals surface area contributed by atoms with Gasteiger partial charge < -0.3 is 20.8 Å². The summed E-state index contributed by atoms with van der Waals surface area (Å²) in [6.07, 6.45) is 7.70. The molecule has 0 aromatic heterocycles. The summed E-state index contributed by atoms with van der Waals surface area (Å²) in [6, 6.07) is -0.582. The predicted molar refractivity (Wildman–Crippen MR) is 154 cm³/mol. The van der Waals surface area contributed by atoms with Crippen LogP contribution in [0.4, 0.5) is 0 Å². The second-order valence-electron chi connectivity index (χ2n) is 12.9. The van der Waals surface area contributed by atoms with Crippen LogP contribution in [0.25, 0.3) is 0 Å². The van der Waals surface area contributed by atoms with Gasteiger partial charge in [0.2, 0.25) is 5.91 Å². The molecule has 1 amide bonds. The number of nitrogens with one attached hydrogen (secondary N) is 2. The summed E-state index contributed by atoms with van der Waals surface area (Å²) in [5.74, 6) is 0.742. The molecule has 1 aliphatic rings. The van der Waals surface area contributed by atoms with Gasteiger partial charge in [-0.15, -0.1) is 0 Å². The summed E-state index contributed by atoms with van der Waals surface area (Å²) in [7, 11) is -1.96. The standard InChI is InChI=1S/C29H55N3O3Si/c1-12-21(6)27(30)28(34)32-25-18-31-24(20(4)5)17-23(25)26(33)16-15-22(14-13-19(2)3)35-36(10,11)29(7,8)9/h17-22,24,27,31H,12-16,30H2,1-11H3,(H,32,34)/t21-,22-,24?,27-/m0/s1. The van der Waals surface area contributed by atoms with Crippen molar-refractivity contribution in [3.8, 4) is 0 Å². The van der Waals surface area contributed by atoms with Crippen LogP contribution in [-0.2, 0) is 14.0 Å². The summed E-state index contributed by atoms with van der Waals surface area (Å²) < 4.78 is 6.77. The number of carbonyl (C=O) groups is 2. The van der Waals surface area contributed by atoms with Gasteiger partial charge in [-0.2, -0.15) is 0 Å². The smallest absolute Gasteiger partial charge is 0.241 e. The Balaban J connectivity index is 3.06. The molecule has 0 bridgehead atoms. The number of carbonyl (C=O) groups excluding carboxylic acids is 2. The first-order valence-electron chi connectivity index (χ1n) is 14.0. The van der Waals surface area contributed by atoms with E-state index in [0.29, 0.717) is 35.9 Å². The Morgan fingerprint density at radius 3 is 2.22 bits per heavy atom. The first-order valence-corrected chi connectivity index (χ1v) is 16.9. The molecule has 0 spiro atoms. The van der Waals surface area contributed by atoms with Crippen molar-refractivity contribution in [3.63, 3.8) is 0 Å². The molecule has 0 aliphatic carbocycles. The quantitative estimate of drug-likeness (QED) is 0.242. The first kappa shape index (κ1) is 32.6. The van der Waals surface area contributed by atoms with Crippen molar-refractivity contribution in [1.82, 2.24) is 10.6 Å². The molecular weight excluding hydrogens is 466 g/mol. The summed E-state index contributed by atoms with van der Waals surface area (Å²) in [5.41, 5.74) is 7.25. The van der Waals surface area contributed by atoms with Crippen LogP contribution in [0.5, 0.6) is 0 Å². The normalized spacial score (nSPS) is 19.3. The van der Waals surface area contributed by atoms with E-state index >= 15 is 0 Å². The van der Waals surface area contributed by atoms with Crippen LogP contribution in [-0.4, -0.2) is 38.2 Å². The highest BCUT2D eigenvalue weighted by atomic mass is 28.4. The lowest BCUT2D eigenvalue weighted by Gasteiger charge is -2.39. The van der Waals surface area contributed by atoms with Crippen LogP contribution >= 0.6 is 0 Å². The average Bonchev–Trinajstić information content (AvgIpc) is 2.78. The molecule has 36 heavy (non-hydrogen) atoms. The minimum atomic E-state index is -1.96. The van der Waals surface area contributed by atoms with Gasteiger partial charge in [-0.3, -0.25) is 9.59 Å². The van der Waals surface area contributed by atoms with Gasteiger partial charge in [0.15, 0.2) is 14.1 Å². The Bertz CT molecular complexity index is 796. The third kappa shape index (κ3) is 9.79. The van der Waals surface area contributed by atoms with E-state index in [9.17, 15) is 9.59 Å². The lowest BCUT2D eigenvalue weighted by atomic mass is 9.92. The summed E-state index contributed by atoms with van der Waals surface area (Å²) in [5, 5.41) is 6.37. The maximum absolute atomic E-state index is 13.6. The second-order valence-corrected chi connectivity index (χ2v) is 17.7. The van der Waals surface area contributed by atoms with Gasteiger partial charge in [0.25, 0.3) is 0 Å². The lowest BCUT2D eigenvalue weighted by Crippen LogP contribution is -2.46. The molecule has 0 saturated carbocycles. The van der Waals surface area contributed by atoms with Crippen LogP contribution in [0.15, 0.2) is 23.5 Å². The zero-order valence-electron chi connectivity index (χ0n) is 25.0. The van der Waals surface area contributed by atoms with E-state index in [-0.39, 0.29) is 34.8 Å². The number of rotatable bonds is 14. The molecule has 0 fully saturated rings. The molecule has 6 nitrogen and oxygen atoms in total. The van der Waals surface area contributed by atoms with Crippen LogP contribution in [0.1, 0.15) is 94.4 Å². The van der Waals surface area contributed by atoms with Crippen LogP contribution in [0.2, 0.25) is 18.1 Å². The average molecular weight is 522 g/mol. The van der Waals surface area contributed by atoms with Crippen molar-refractivity contribution in [2.24, 2.45) is 23.5 Å². The van der Waals surface area contributed by atoms with Crippen molar-refractivity contribution >= 4 is 20.0 Å². The van der Waals surface area contributed by atoms with E-state index in [1.54, 1.807) is 6.20 Å². The van der Waals surface area contributed by atoms with E-state index in [1.165, 1.54) is 0 Å². The fourth-order valence-corrected chi connectivity index (χ4v) is 5.26. The molecule has 4 atom stereocenters. The number of hydrogen-bond donors (Lipinski definition) is 3. The number of allylic oxidation sites excluding steroid dienone is 1. The number of dihydropyridines is 1. The summed E-state index contributed by atoms with van der Waals surface area (Å²) >= 11 is 0. The van der Waals surface area contributed by atoms with Gasteiger partial charge in [-0.1, -0.05) is 68.7 Å². The maximum Gasteiger partial charge on any atom is 0.241 e. The van der Waals surface area contributed by atoms with E-state index < -0.39 is 14.4 Å². The van der Waals surface area contributed by atoms with Crippen LogP contribution in [0.3, 0.4) is 0 Å². The molecule has 0 aromatic carbocycles. The Kier molecular flexibility index (Phi) is 12.6. The molecule has 1 heterocycles. The van der Waals surface area contributed by atoms with Crippen molar-refractivity contribution in [2.45, 2.75) is 131 Å². The molecule has 4 N–H and O–H groups in total. The number of nitrogens with two attached hydrogens (primary N) is 1. The third-order valence-corrected chi connectivity index (χ3v) is 12.5. The van der Waals surface area contributed by atoms with Crippen molar-refractivity contribution in [2.75, 3.05) is 0 Å². The highest BCUT2D eigenvalue weighted by Crippen LogP contribution is 2.38. The maximum atomic E-state index is 13.6. The van der Waals surface area contributed by atoms with Gasteiger partial charge in [0.05, 0.1) is 11.7 Å². The molecule has 0 saturated heterocycles. The molecule has 1 unspecified atom stereocenters. The highest BCUT2D eigenvalue weighted by molar-refractivity contribution is 6.74. The Morgan fingerprint density at radius 1 is 1.11 bits per heavy atom. The summed E-state index contributed by atoms with van der Waals surface area (Å²) in [6.45, 7) is 24.0. The largest absolute Gasteiger partial charge is 0.414 e. The third-order valence-electron chi connectivity index (χ3n) is 7.92. The zero-order chi connectivity index (χ0) is 27.8. The van der Waals surface area contributed by atoms with E-state index in [0.717, 1.165) is 19.3 Å². The zero-order valence-corrected chi connectivity index (χ0v) is 26.0. The Hall–Kier alpha value is -1.44. The monoisotopic (exact) mass is 521 g/mol. The van der Waals surface area contributed by atoms with Gasteiger partial charge in [-0.25, -0.2) is 0 Å². The van der Waals surface area contributed by atoms with Crippen molar-refractivity contribution in [3.05, 3.63) is 23.5 Å². The molecule has 208 valence electrons. The molecule has 1 aliphatic heterocycles. The number of hydrogen-bond acceptors (Lipinski definition) is 5. The molecule has 7 heteroatoms. The summed E-state index contributed by atoms with van der Waals surface area (Å²) in [4.78, 5) is 26.4. The minimum Gasteiger partial charge on any atom is -0.414 e. The van der Waals surface area contributed by atoms with Gasteiger partial charge in [-0.05, 0) is 61.2 Å². The Labute approximate surface area is 222 Å². The van der Waals surface area contributed by atoms with Crippen LogP contribution in [0, 0.1) is 17.8 Å². The fraction of sp³-hybridized carbons (Fsp3) is 0.793. The van der Waals surface area contributed by atoms with Crippen molar-refractivity contribution < 1.29 is 14.0 Å². The SMILES string of the molecule is CC[C@H](C)[C@H](N)C(=O)NC1=CNC(C(C)C)C=C1C(=O)CC[C@H](CCC(C)C)O[Si](C)(C)C(C)(C)C. The molecule has 0 aromatic rings. The number of ketones is 1.